The molecule has 0 spiro atoms. The number of thiophene rings is 1. The third kappa shape index (κ3) is 2.31. The highest BCUT2D eigenvalue weighted by Crippen LogP contribution is 2.39. The third-order valence-corrected chi connectivity index (χ3v) is 5.73. The van der Waals surface area contributed by atoms with E-state index in [0.29, 0.717) is 11.6 Å². The normalized spacial score (nSPS) is 13.3. The predicted octanol–water partition coefficient (Wildman–Crippen LogP) is 4.60. The van der Waals surface area contributed by atoms with Crippen molar-refractivity contribution in [3.63, 3.8) is 0 Å². The molecule has 4 nitrogen and oxygen atoms in total. The lowest BCUT2D eigenvalue weighted by Crippen LogP contribution is -2.06. The summed E-state index contributed by atoms with van der Waals surface area (Å²) >= 11 is 14.0. The van der Waals surface area contributed by atoms with Crippen LogP contribution in [0.2, 0.25) is 9.36 Å². The molecule has 0 saturated carbocycles. The molecule has 1 aliphatic heterocycles. The van der Waals surface area contributed by atoms with E-state index in [1.807, 2.05) is 42.7 Å². The van der Waals surface area contributed by atoms with Crippen LogP contribution >= 0.6 is 34.5 Å². The number of fused-ring (bicyclic) bond motifs is 3. The molecule has 0 bridgehead atoms. The van der Waals surface area contributed by atoms with Gasteiger partial charge >= 0.3 is 0 Å². The molecule has 1 aromatic carbocycles. The van der Waals surface area contributed by atoms with Crippen molar-refractivity contribution in [3.8, 4) is 5.00 Å². The second-order valence-electron chi connectivity index (χ2n) is 5.35. The van der Waals surface area contributed by atoms with Crippen molar-refractivity contribution in [1.82, 2.24) is 14.8 Å². The highest BCUT2D eigenvalue weighted by molar-refractivity contribution is 7.19. The van der Waals surface area contributed by atoms with Crippen LogP contribution in [0.5, 0.6) is 0 Å². The Morgan fingerprint density at radius 1 is 1.09 bits per heavy atom. The lowest BCUT2D eigenvalue weighted by molar-refractivity contribution is 0.869. The highest BCUT2D eigenvalue weighted by Gasteiger charge is 2.26. The van der Waals surface area contributed by atoms with E-state index in [2.05, 4.69) is 10.2 Å². The Labute approximate surface area is 147 Å². The maximum atomic E-state index is 6.43. The summed E-state index contributed by atoms with van der Waals surface area (Å²) in [6.45, 7) is 4.45. The third-order valence-electron chi connectivity index (χ3n) is 3.90. The van der Waals surface area contributed by atoms with E-state index < -0.39 is 0 Å². The Morgan fingerprint density at radius 3 is 2.57 bits per heavy atom. The standard InChI is InChI=1S/C16H12Cl2N4S/c1-8-13-14(10-3-5-11(17)6-4-10)19-7-12-21-20-9(2)22(12)16(13)23-15(8)18/h3-6H,7H2,1-2H3. The van der Waals surface area contributed by atoms with Gasteiger partial charge in [0.1, 0.15) is 17.4 Å². The van der Waals surface area contributed by atoms with Crippen molar-refractivity contribution in [1.29, 1.82) is 0 Å². The average molecular weight is 363 g/mol. The van der Waals surface area contributed by atoms with Gasteiger partial charge in [-0.1, -0.05) is 35.3 Å². The quantitative estimate of drug-likeness (QED) is 0.634. The first-order valence-corrected chi connectivity index (χ1v) is 8.64. The second kappa shape index (κ2) is 5.44. The van der Waals surface area contributed by atoms with Crippen LogP contribution in [0.1, 0.15) is 28.3 Å². The SMILES string of the molecule is Cc1c(Cl)sc2c1C(c1ccc(Cl)cc1)=NCc1nnc(C)n1-2. The fourth-order valence-electron chi connectivity index (χ4n) is 2.75. The van der Waals surface area contributed by atoms with Crippen molar-refractivity contribution < 1.29 is 0 Å². The van der Waals surface area contributed by atoms with Crippen LogP contribution in [0.25, 0.3) is 5.00 Å². The van der Waals surface area contributed by atoms with Gasteiger partial charge in [0.05, 0.1) is 10.0 Å². The van der Waals surface area contributed by atoms with Crippen LogP contribution in [0.15, 0.2) is 29.3 Å². The Balaban J connectivity index is 2.00. The van der Waals surface area contributed by atoms with E-state index in [9.17, 15) is 0 Å². The molecule has 0 radical (unpaired) electrons. The molecule has 0 unspecified atom stereocenters. The summed E-state index contributed by atoms with van der Waals surface area (Å²) in [7, 11) is 0. The van der Waals surface area contributed by atoms with Gasteiger partial charge in [-0.15, -0.1) is 21.5 Å². The van der Waals surface area contributed by atoms with E-state index >= 15 is 0 Å². The maximum Gasteiger partial charge on any atom is 0.160 e. The molecule has 0 amide bonds. The molecule has 0 aliphatic carbocycles. The minimum atomic E-state index is 0.483. The molecule has 2 aromatic heterocycles. The summed E-state index contributed by atoms with van der Waals surface area (Å²) in [6, 6.07) is 7.71. The molecule has 0 fully saturated rings. The lowest BCUT2D eigenvalue weighted by Gasteiger charge is -2.09. The molecule has 4 rings (SSSR count). The smallest absolute Gasteiger partial charge is 0.160 e. The summed E-state index contributed by atoms with van der Waals surface area (Å²) in [5.74, 6) is 1.66. The van der Waals surface area contributed by atoms with E-state index in [-0.39, 0.29) is 0 Å². The topological polar surface area (TPSA) is 43.1 Å². The van der Waals surface area contributed by atoms with Crippen LogP contribution in [0.4, 0.5) is 0 Å². The predicted molar refractivity (Wildman–Crippen MR) is 94.5 cm³/mol. The Hall–Kier alpha value is -1.69. The Morgan fingerprint density at radius 2 is 1.83 bits per heavy atom. The highest BCUT2D eigenvalue weighted by atomic mass is 35.5. The van der Waals surface area contributed by atoms with Gasteiger partial charge in [0, 0.05) is 16.1 Å². The van der Waals surface area contributed by atoms with Crippen molar-refractivity contribution in [2.45, 2.75) is 20.4 Å². The van der Waals surface area contributed by atoms with E-state index in [0.717, 1.165) is 43.4 Å². The fraction of sp³-hybridized carbons (Fsp3) is 0.188. The van der Waals surface area contributed by atoms with Gasteiger partial charge in [0.2, 0.25) is 0 Å². The number of aliphatic imine (C=N–C) groups is 1. The minimum Gasteiger partial charge on any atom is -0.276 e. The van der Waals surface area contributed by atoms with Gasteiger partial charge in [-0.05, 0) is 31.5 Å². The number of aryl methyl sites for hydroxylation is 1. The number of hydrogen-bond donors (Lipinski definition) is 0. The van der Waals surface area contributed by atoms with Crippen molar-refractivity contribution in [2.75, 3.05) is 0 Å². The van der Waals surface area contributed by atoms with Crippen LogP contribution < -0.4 is 0 Å². The molecule has 0 N–H and O–H groups in total. The summed E-state index contributed by atoms with van der Waals surface area (Å²) in [4.78, 5) is 4.79. The molecule has 23 heavy (non-hydrogen) atoms. The van der Waals surface area contributed by atoms with Crippen molar-refractivity contribution >= 4 is 40.3 Å². The van der Waals surface area contributed by atoms with E-state index in [4.69, 9.17) is 28.2 Å². The number of benzene rings is 1. The van der Waals surface area contributed by atoms with Gasteiger partial charge in [-0.2, -0.15) is 0 Å². The van der Waals surface area contributed by atoms with Gasteiger partial charge in [-0.25, -0.2) is 0 Å². The number of aromatic nitrogens is 3. The lowest BCUT2D eigenvalue weighted by atomic mass is 10.0. The molecular formula is C16H12Cl2N4S. The zero-order valence-electron chi connectivity index (χ0n) is 12.5. The largest absolute Gasteiger partial charge is 0.276 e. The van der Waals surface area contributed by atoms with E-state index in [1.165, 1.54) is 11.3 Å². The summed E-state index contributed by atoms with van der Waals surface area (Å²) in [5.41, 5.74) is 4.01. The Bertz CT molecular complexity index is 938. The first-order chi connectivity index (χ1) is 11.1. The molecule has 3 aromatic rings. The minimum absolute atomic E-state index is 0.483. The molecule has 0 saturated heterocycles. The second-order valence-corrected chi connectivity index (χ2v) is 7.39. The van der Waals surface area contributed by atoms with Crippen molar-refractivity contribution in [2.24, 2.45) is 4.99 Å². The van der Waals surface area contributed by atoms with Crippen LogP contribution in [-0.4, -0.2) is 20.5 Å². The molecule has 0 atom stereocenters. The number of hydrogen-bond acceptors (Lipinski definition) is 4. The maximum absolute atomic E-state index is 6.43. The Kier molecular flexibility index (Phi) is 3.52. The molecule has 3 heterocycles. The summed E-state index contributed by atoms with van der Waals surface area (Å²) < 4.78 is 2.81. The van der Waals surface area contributed by atoms with Gasteiger partial charge in [-0.3, -0.25) is 9.56 Å². The monoisotopic (exact) mass is 362 g/mol. The van der Waals surface area contributed by atoms with Gasteiger partial charge in [0.25, 0.3) is 0 Å². The molecule has 7 heteroatoms. The first-order valence-electron chi connectivity index (χ1n) is 7.07. The van der Waals surface area contributed by atoms with Crippen LogP contribution in [0.3, 0.4) is 0 Å². The van der Waals surface area contributed by atoms with Crippen LogP contribution in [-0.2, 0) is 6.54 Å². The number of rotatable bonds is 1. The number of halogens is 2. The fourth-order valence-corrected chi connectivity index (χ4v) is 4.30. The summed E-state index contributed by atoms with van der Waals surface area (Å²) in [6.07, 6.45) is 0. The zero-order chi connectivity index (χ0) is 16.1. The van der Waals surface area contributed by atoms with Crippen LogP contribution in [0, 0.1) is 13.8 Å². The van der Waals surface area contributed by atoms with Crippen molar-refractivity contribution in [3.05, 3.63) is 62.0 Å². The number of nitrogens with zero attached hydrogens (tertiary/aromatic N) is 4. The molecule has 116 valence electrons. The van der Waals surface area contributed by atoms with Gasteiger partial charge < -0.3 is 0 Å². The summed E-state index contributed by atoms with van der Waals surface area (Å²) in [5, 5.41) is 10.2. The molecule has 1 aliphatic rings. The average Bonchev–Trinajstić information content (AvgIpc) is 2.97. The molecular weight excluding hydrogens is 351 g/mol. The van der Waals surface area contributed by atoms with E-state index in [1.54, 1.807) is 0 Å². The zero-order valence-corrected chi connectivity index (χ0v) is 14.8. The first kappa shape index (κ1) is 14.9. The van der Waals surface area contributed by atoms with Gasteiger partial charge in [0.15, 0.2) is 5.82 Å².